The summed E-state index contributed by atoms with van der Waals surface area (Å²) >= 11 is 0. The van der Waals surface area contributed by atoms with Crippen LogP contribution in [0.25, 0.3) is 6.08 Å². The zero-order chi connectivity index (χ0) is 21.9. The molecule has 1 N–H and O–H groups in total. The lowest BCUT2D eigenvalue weighted by Gasteiger charge is -2.08. The zero-order valence-electron chi connectivity index (χ0n) is 17.1. The average Bonchev–Trinajstić information content (AvgIpc) is 2.82. The minimum atomic E-state index is -0.609. The zero-order valence-corrected chi connectivity index (χ0v) is 17.1. The maximum Gasteiger partial charge on any atom is 0.331 e. The molecule has 0 heterocycles. The third-order valence-corrected chi connectivity index (χ3v) is 4.24. The van der Waals surface area contributed by atoms with Crippen LogP contribution in [0.2, 0.25) is 0 Å². The first kappa shape index (κ1) is 21.6. The molecule has 0 spiro atoms. The van der Waals surface area contributed by atoms with Crippen LogP contribution in [-0.4, -0.2) is 25.6 Å². The highest BCUT2D eigenvalue weighted by atomic mass is 16.5. The van der Waals surface area contributed by atoms with Crippen LogP contribution < -0.4 is 14.8 Å². The second-order valence-electron chi connectivity index (χ2n) is 6.56. The van der Waals surface area contributed by atoms with Gasteiger partial charge in [-0.3, -0.25) is 4.79 Å². The molecule has 3 rings (SSSR count). The van der Waals surface area contributed by atoms with Crippen LogP contribution in [0.1, 0.15) is 11.1 Å². The predicted molar refractivity (Wildman–Crippen MR) is 119 cm³/mol. The number of ether oxygens (including phenoxy) is 3. The highest BCUT2D eigenvalue weighted by Crippen LogP contribution is 2.17. The standard InChI is InChI=1S/C25H23NO5/c1-29-23-9-5-8-19(16-23)10-15-25(28)31-18-24(27)26-21-11-13-22(14-12-21)30-17-20-6-3-2-4-7-20/h2-16H,17-18H2,1H3,(H,26,27)/b15-10+. The number of anilines is 1. The molecule has 31 heavy (non-hydrogen) atoms. The molecule has 0 aliphatic carbocycles. The van der Waals surface area contributed by atoms with E-state index < -0.39 is 11.9 Å². The van der Waals surface area contributed by atoms with Gasteiger partial charge in [-0.15, -0.1) is 0 Å². The Balaban J connectivity index is 1.41. The van der Waals surface area contributed by atoms with Crippen molar-refractivity contribution in [3.63, 3.8) is 0 Å². The highest BCUT2D eigenvalue weighted by molar-refractivity contribution is 5.94. The van der Waals surface area contributed by atoms with Crippen LogP contribution in [0.3, 0.4) is 0 Å². The number of carbonyl (C=O) groups is 2. The molecule has 0 fully saturated rings. The summed E-state index contributed by atoms with van der Waals surface area (Å²) in [5, 5.41) is 2.67. The summed E-state index contributed by atoms with van der Waals surface area (Å²) in [7, 11) is 1.57. The molecule has 0 radical (unpaired) electrons. The topological polar surface area (TPSA) is 73.9 Å². The van der Waals surface area contributed by atoms with Gasteiger partial charge < -0.3 is 19.5 Å². The fraction of sp³-hybridized carbons (Fsp3) is 0.120. The summed E-state index contributed by atoms with van der Waals surface area (Å²) in [6, 6.07) is 24.1. The fourth-order valence-electron chi connectivity index (χ4n) is 2.67. The van der Waals surface area contributed by atoms with E-state index in [0.29, 0.717) is 23.8 Å². The van der Waals surface area contributed by atoms with Crippen molar-refractivity contribution in [1.29, 1.82) is 0 Å². The first-order valence-corrected chi connectivity index (χ1v) is 9.68. The molecule has 1 amide bonds. The molecule has 3 aromatic rings. The maximum atomic E-state index is 12.0. The second-order valence-corrected chi connectivity index (χ2v) is 6.56. The third kappa shape index (κ3) is 7.36. The summed E-state index contributed by atoms with van der Waals surface area (Å²) in [6.45, 7) is 0.0827. The lowest BCUT2D eigenvalue weighted by molar-refractivity contribution is -0.142. The summed E-state index contributed by atoms with van der Waals surface area (Å²) < 4.78 is 15.8. The minimum Gasteiger partial charge on any atom is -0.497 e. The fourth-order valence-corrected chi connectivity index (χ4v) is 2.67. The Morgan fingerprint density at radius 2 is 1.68 bits per heavy atom. The summed E-state index contributed by atoms with van der Waals surface area (Å²) in [5.41, 5.74) is 2.44. The van der Waals surface area contributed by atoms with E-state index in [1.807, 2.05) is 48.5 Å². The molecule has 0 aromatic heterocycles. The van der Waals surface area contributed by atoms with Gasteiger partial charge in [-0.1, -0.05) is 42.5 Å². The molecule has 0 aliphatic rings. The van der Waals surface area contributed by atoms with Crippen LogP contribution in [0.4, 0.5) is 5.69 Å². The van der Waals surface area contributed by atoms with Gasteiger partial charge in [-0.05, 0) is 53.6 Å². The molecule has 3 aromatic carbocycles. The Hall–Kier alpha value is -4.06. The van der Waals surface area contributed by atoms with Crippen molar-refractivity contribution in [1.82, 2.24) is 0 Å². The smallest absolute Gasteiger partial charge is 0.331 e. The lowest BCUT2D eigenvalue weighted by Crippen LogP contribution is -2.20. The summed E-state index contributed by atoms with van der Waals surface area (Å²) in [4.78, 5) is 23.8. The van der Waals surface area contributed by atoms with Crippen molar-refractivity contribution in [2.45, 2.75) is 6.61 Å². The Morgan fingerprint density at radius 3 is 2.42 bits per heavy atom. The molecular formula is C25H23NO5. The first-order valence-electron chi connectivity index (χ1n) is 9.68. The van der Waals surface area contributed by atoms with E-state index in [2.05, 4.69) is 5.32 Å². The number of methoxy groups -OCH3 is 1. The molecule has 6 nitrogen and oxygen atoms in total. The second kappa shape index (κ2) is 11.2. The van der Waals surface area contributed by atoms with E-state index in [4.69, 9.17) is 14.2 Å². The van der Waals surface area contributed by atoms with Crippen molar-refractivity contribution in [2.75, 3.05) is 19.0 Å². The normalized spacial score (nSPS) is 10.5. The number of rotatable bonds is 9. The molecule has 0 aliphatic heterocycles. The number of esters is 1. The van der Waals surface area contributed by atoms with Crippen molar-refractivity contribution >= 4 is 23.6 Å². The predicted octanol–water partition coefficient (Wildman–Crippen LogP) is 4.47. The number of amides is 1. The number of hydrogen-bond donors (Lipinski definition) is 1. The van der Waals surface area contributed by atoms with Gasteiger partial charge >= 0.3 is 5.97 Å². The van der Waals surface area contributed by atoms with E-state index in [1.165, 1.54) is 6.08 Å². The Kier molecular flexibility index (Phi) is 7.83. The van der Waals surface area contributed by atoms with E-state index in [0.717, 1.165) is 11.1 Å². The summed E-state index contributed by atoms with van der Waals surface area (Å²) in [5.74, 6) is 0.339. The maximum absolute atomic E-state index is 12.0. The van der Waals surface area contributed by atoms with E-state index in [1.54, 1.807) is 43.5 Å². The van der Waals surface area contributed by atoms with Crippen molar-refractivity contribution < 1.29 is 23.8 Å². The molecular weight excluding hydrogens is 394 g/mol. The monoisotopic (exact) mass is 417 g/mol. The van der Waals surface area contributed by atoms with Gasteiger partial charge in [0.25, 0.3) is 5.91 Å². The van der Waals surface area contributed by atoms with Gasteiger partial charge in [0.2, 0.25) is 0 Å². The van der Waals surface area contributed by atoms with E-state index >= 15 is 0 Å². The number of carbonyl (C=O) groups excluding carboxylic acids is 2. The molecule has 158 valence electrons. The highest BCUT2D eigenvalue weighted by Gasteiger charge is 2.06. The minimum absolute atomic E-state index is 0.381. The van der Waals surface area contributed by atoms with Crippen LogP contribution in [0.15, 0.2) is 84.9 Å². The molecule has 6 heteroatoms. The van der Waals surface area contributed by atoms with Crippen molar-refractivity contribution in [3.8, 4) is 11.5 Å². The quantitative estimate of drug-likeness (QED) is 0.411. The summed E-state index contributed by atoms with van der Waals surface area (Å²) in [6.07, 6.45) is 2.86. The molecule has 0 saturated heterocycles. The average molecular weight is 417 g/mol. The van der Waals surface area contributed by atoms with Crippen LogP contribution in [0.5, 0.6) is 11.5 Å². The van der Waals surface area contributed by atoms with Crippen LogP contribution >= 0.6 is 0 Å². The SMILES string of the molecule is COc1cccc(/C=C/C(=O)OCC(=O)Nc2ccc(OCc3ccccc3)cc2)c1. The van der Waals surface area contributed by atoms with Gasteiger partial charge in [0.05, 0.1) is 7.11 Å². The Labute approximate surface area is 181 Å². The third-order valence-electron chi connectivity index (χ3n) is 4.24. The van der Waals surface area contributed by atoms with Gasteiger partial charge in [0.1, 0.15) is 18.1 Å². The molecule has 0 unspecified atom stereocenters. The van der Waals surface area contributed by atoms with E-state index in [-0.39, 0.29) is 6.61 Å². The van der Waals surface area contributed by atoms with Gasteiger partial charge in [-0.2, -0.15) is 0 Å². The number of benzene rings is 3. The van der Waals surface area contributed by atoms with Gasteiger partial charge in [-0.25, -0.2) is 4.79 Å². The first-order chi connectivity index (χ1) is 15.1. The van der Waals surface area contributed by atoms with E-state index in [9.17, 15) is 9.59 Å². The molecule has 0 atom stereocenters. The van der Waals surface area contributed by atoms with Crippen LogP contribution in [-0.2, 0) is 20.9 Å². The Morgan fingerprint density at radius 1 is 0.903 bits per heavy atom. The van der Waals surface area contributed by atoms with Crippen LogP contribution in [0, 0.1) is 0 Å². The largest absolute Gasteiger partial charge is 0.497 e. The van der Waals surface area contributed by atoms with Crippen molar-refractivity contribution in [3.05, 3.63) is 96.1 Å². The lowest BCUT2D eigenvalue weighted by atomic mass is 10.2. The molecule has 0 bridgehead atoms. The number of hydrogen-bond acceptors (Lipinski definition) is 5. The molecule has 0 saturated carbocycles. The number of nitrogens with one attached hydrogen (secondary N) is 1. The van der Waals surface area contributed by atoms with Gasteiger partial charge in [0, 0.05) is 11.8 Å². The van der Waals surface area contributed by atoms with Gasteiger partial charge in [0.15, 0.2) is 6.61 Å². The van der Waals surface area contributed by atoms with Crippen molar-refractivity contribution in [2.24, 2.45) is 0 Å². The Bertz CT molecular complexity index is 1030.